The number of carbonyl (C=O) groups is 1. The molecule has 2 heteroatoms. The number of benzene rings is 1. The summed E-state index contributed by atoms with van der Waals surface area (Å²) in [4.78, 5) is 11.7. The van der Waals surface area contributed by atoms with Crippen LogP contribution < -0.4 is 4.74 Å². The standard InChI is InChI=1S/C15H18O2/c1-17-15-9-5-3-7-13(15)11-10-12-6-2-4-8-14(12)16/h3,5-7,9H,2,4,8,10-11H2,1H3. The van der Waals surface area contributed by atoms with Gasteiger partial charge >= 0.3 is 0 Å². The highest BCUT2D eigenvalue weighted by Crippen LogP contribution is 2.23. The Morgan fingerprint density at radius 1 is 1.24 bits per heavy atom. The zero-order chi connectivity index (χ0) is 12.1. The number of allylic oxidation sites excluding steroid dienone is 2. The number of para-hydroxylation sites is 1. The number of aryl methyl sites for hydroxylation is 1. The normalized spacial score (nSPS) is 15.6. The van der Waals surface area contributed by atoms with Gasteiger partial charge in [-0.1, -0.05) is 24.3 Å². The quantitative estimate of drug-likeness (QED) is 0.793. The lowest BCUT2D eigenvalue weighted by Crippen LogP contribution is -2.08. The lowest BCUT2D eigenvalue weighted by molar-refractivity contribution is -0.116. The molecule has 0 N–H and O–H groups in total. The first-order valence-electron chi connectivity index (χ1n) is 6.15. The number of hydrogen-bond donors (Lipinski definition) is 0. The van der Waals surface area contributed by atoms with Crippen LogP contribution in [-0.2, 0) is 11.2 Å². The maximum atomic E-state index is 11.7. The van der Waals surface area contributed by atoms with Crippen LogP contribution in [0, 0.1) is 0 Å². The lowest BCUT2D eigenvalue weighted by atomic mass is 9.93. The molecule has 0 heterocycles. The van der Waals surface area contributed by atoms with Crippen molar-refractivity contribution in [1.82, 2.24) is 0 Å². The predicted molar refractivity (Wildman–Crippen MR) is 68.3 cm³/mol. The number of rotatable bonds is 4. The molecule has 0 saturated carbocycles. The molecular weight excluding hydrogens is 212 g/mol. The fourth-order valence-corrected chi connectivity index (χ4v) is 2.23. The summed E-state index contributed by atoms with van der Waals surface area (Å²) < 4.78 is 5.31. The van der Waals surface area contributed by atoms with E-state index in [-0.39, 0.29) is 0 Å². The Hall–Kier alpha value is -1.57. The molecule has 1 aliphatic carbocycles. The molecule has 0 unspecified atom stereocenters. The first-order chi connectivity index (χ1) is 8.31. The molecule has 2 rings (SSSR count). The SMILES string of the molecule is COc1ccccc1CCC1=CCCCC1=O. The van der Waals surface area contributed by atoms with Crippen LogP contribution >= 0.6 is 0 Å². The summed E-state index contributed by atoms with van der Waals surface area (Å²) in [6.07, 6.45) is 6.59. The van der Waals surface area contributed by atoms with E-state index in [1.807, 2.05) is 18.2 Å². The Morgan fingerprint density at radius 3 is 2.82 bits per heavy atom. The van der Waals surface area contributed by atoms with E-state index in [1.165, 1.54) is 5.56 Å². The molecule has 0 radical (unpaired) electrons. The molecule has 17 heavy (non-hydrogen) atoms. The van der Waals surface area contributed by atoms with Crippen LogP contribution in [0.2, 0.25) is 0 Å². The smallest absolute Gasteiger partial charge is 0.158 e. The minimum atomic E-state index is 0.325. The van der Waals surface area contributed by atoms with Gasteiger partial charge in [0.2, 0.25) is 0 Å². The molecule has 90 valence electrons. The van der Waals surface area contributed by atoms with Crippen molar-refractivity contribution in [1.29, 1.82) is 0 Å². The first-order valence-corrected chi connectivity index (χ1v) is 6.15. The van der Waals surface area contributed by atoms with Crippen LogP contribution in [0.3, 0.4) is 0 Å². The van der Waals surface area contributed by atoms with Crippen molar-refractivity contribution in [3.05, 3.63) is 41.5 Å². The van der Waals surface area contributed by atoms with E-state index in [0.717, 1.165) is 43.4 Å². The largest absolute Gasteiger partial charge is 0.496 e. The molecule has 0 bridgehead atoms. The van der Waals surface area contributed by atoms with Gasteiger partial charge in [-0.25, -0.2) is 0 Å². The molecule has 0 fully saturated rings. The fourth-order valence-electron chi connectivity index (χ4n) is 2.23. The predicted octanol–water partition coefficient (Wildman–Crippen LogP) is 3.31. The number of ether oxygens (including phenoxy) is 1. The number of ketones is 1. The van der Waals surface area contributed by atoms with E-state index in [4.69, 9.17) is 4.74 Å². The summed E-state index contributed by atoms with van der Waals surface area (Å²) in [5.41, 5.74) is 2.18. The van der Waals surface area contributed by atoms with Gasteiger partial charge in [-0.15, -0.1) is 0 Å². The highest BCUT2D eigenvalue weighted by molar-refractivity contribution is 5.95. The van der Waals surface area contributed by atoms with Crippen LogP contribution in [-0.4, -0.2) is 12.9 Å². The van der Waals surface area contributed by atoms with Crippen molar-refractivity contribution in [2.45, 2.75) is 32.1 Å². The molecular formula is C15H18O2. The molecule has 0 saturated heterocycles. The Morgan fingerprint density at radius 2 is 2.06 bits per heavy atom. The van der Waals surface area contributed by atoms with Crippen molar-refractivity contribution >= 4 is 5.78 Å². The highest BCUT2D eigenvalue weighted by Gasteiger charge is 2.13. The third-order valence-electron chi connectivity index (χ3n) is 3.21. The molecule has 1 aliphatic rings. The van der Waals surface area contributed by atoms with Crippen LogP contribution in [0.15, 0.2) is 35.9 Å². The second kappa shape index (κ2) is 5.67. The van der Waals surface area contributed by atoms with Gasteiger partial charge < -0.3 is 4.74 Å². The van der Waals surface area contributed by atoms with E-state index in [9.17, 15) is 4.79 Å². The molecule has 0 atom stereocenters. The van der Waals surface area contributed by atoms with E-state index in [0.29, 0.717) is 5.78 Å². The van der Waals surface area contributed by atoms with Gasteiger partial charge in [0.05, 0.1) is 7.11 Å². The van der Waals surface area contributed by atoms with Gasteiger partial charge in [0.1, 0.15) is 5.75 Å². The molecule has 0 amide bonds. The van der Waals surface area contributed by atoms with Crippen LogP contribution in [0.5, 0.6) is 5.75 Å². The zero-order valence-electron chi connectivity index (χ0n) is 10.2. The van der Waals surface area contributed by atoms with Gasteiger partial charge in [-0.05, 0) is 42.9 Å². The highest BCUT2D eigenvalue weighted by atomic mass is 16.5. The fraction of sp³-hybridized carbons (Fsp3) is 0.400. The summed E-state index contributed by atoms with van der Waals surface area (Å²) in [7, 11) is 1.68. The summed E-state index contributed by atoms with van der Waals surface area (Å²) in [6.45, 7) is 0. The molecule has 0 aromatic heterocycles. The van der Waals surface area contributed by atoms with Gasteiger partial charge in [-0.2, -0.15) is 0 Å². The summed E-state index contributed by atoms with van der Waals surface area (Å²) >= 11 is 0. The number of hydrogen-bond acceptors (Lipinski definition) is 2. The van der Waals surface area contributed by atoms with Gasteiger partial charge in [-0.3, -0.25) is 4.79 Å². The van der Waals surface area contributed by atoms with E-state index < -0.39 is 0 Å². The average Bonchev–Trinajstić information content (AvgIpc) is 2.38. The third-order valence-corrected chi connectivity index (χ3v) is 3.21. The topological polar surface area (TPSA) is 26.3 Å². The van der Waals surface area contributed by atoms with Crippen molar-refractivity contribution in [2.24, 2.45) is 0 Å². The lowest BCUT2D eigenvalue weighted by Gasteiger charge is -2.12. The molecule has 1 aromatic rings. The summed E-state index contributed by atoms with van der Waals surface area (Å²) in [5.74, 6) is 1.24. The van der Waals surface area contributed by atoms with Crippen molar-refractivity contribution in [3.8, 4) is 5.75 Å². The maximum absolute atomic E-state index is 11.7. The van der Waals surface area contributed by atoms with Crippen molar-refractivity contribution in [3.63, 3.8) is 0 Å². The number of Topliss-reactive ketones (excluding diaryl/α,β-unsaturated/α-hetero) is 1. The molecule has 2 nitrogen and oxygen atoms in total. The zero-order valence-corrected chi connectivity index (χ0v) is 10.2. The Bertz CT molecular complexity index is 432. The average molecular weight is 230 g/mol. The molecule has 1 aromatic carbocycles. The number of carbonyl (C=O) groups excluding carboxylic acids is 1. The number of methoxy groups -OCH3 is 1. The van der Waals surface area contributed by atoms with Crippen molar-refractivity contribution < 1.29 is 9.53 Å². The molecule has 0 spiro atoms. The summed E-state index contributed by atoms with van der Waals surface area (Å²) in [5, 5.41) is 0. The Kier molecular flexibility index (Phi) is 3.97. The second-order valence-corrected chi connectivity index (χ2v) is 4.36. The van der Waals surface area contributed by atoms with Gasteiger partial charge in [0.15, 0.2) is 5.78 Å². The maximum Gasteiger partial charge on any atom is 0.158 e. The minimum Gasteiger partial charge on any atom is -0.496 e. The summed E-state index contributed by atoms with van der Waals surface area (Å²) in [6, 6.07) is 8.00. The molecule has 0 aliphatic heterocycles. The van der Waals surface area contributed by atoms with Gasteiger partial charge in [0.25, 0.3) is 0 Å². The minimum absolute atomic E-state index is 0.325. The first kappa shape index (κ1) is 11.9. The monoisotopic (exact) mass is 230 g/mol. The Labute approximate surface area is 102 Å². The van der Waals surface area contributed by atoms with Crippen LogP contribution in [0.4, 0.5) is 0 Å². The van der Waals surface area contributed by atoms with Crippen molar-refractivity contribution in [2.75, 3.05) is 7.11 Å². The van der Waals surface area contributed by atoms with Gasteiger partial charge in [0, 0.05) is 6.42 Å². The second-order valence-electron chi connectivity index (χ2n) is 4.36. The Balaban J connectivity index is 2.02. The van der Waals surface area contributed by atoms with E-state index in [1.54, 1.807) is 7.11 Å². The van der Waals surface area contributed by atoms with E-state index >= 15 is 0 Å². The van der Waals surface area contributed by atoms with E-state index in [2.05, 4.69) is 12.1 Å². The van der Waals surface area contributed by atoms with Crippen LogP contribution in [0.1, 0.15) is 31.2 Å². The third kappa shape index (κ3) is 2.96. The van der Waals surface area contributed by atoms with Crippen LogP contribution in [0.25, 0.3) is 0 Å².